The van der Waals surface area contributed by atoms with Gasteiger partial charge < -0.3 is 20.3 Å². The maximum absolute atomic E-state index is 13.3. The first-order valence-corrected chi connectivity index (χ1v) is 12.7. The van der Waals surface area contributed by atoms with Gasteiger partial charge in [0.25, 0.3) is 0 Å². The number of hydrogen-bond acceptors (Lipinski definition) is 5. The van der Waals surface area contributed by atoms with Crippen LogP contribution in [0.2, 0.25) is 10.0 Å². The minimum Gasteiger partial charge on any atom is -0.463 e. The first-order valence-electron chi connectivity index (χ1n) is 12.0. The zero-order valence-electron chi connectivity index (χ0n) is 20.4. The van der Waals surface area contributed by atoms with E-state index in [1.54, 1.807) is 34.9 Å². The van der Waals surface area contributed by atoms with Crippen LogP contribution in [0.1, 0.15) is 38.8 Å². The number of halogens is 2. The van der Waals surface area contributed by atoms with Gasteiger partial charge in [-0.05, 0) is 38.8 Å². The number of urea groups is 2. The van der Waals surface area contributed by atoms with Crippen molar-refractivity contribution in [3.05, 3.63) is 45.1 Å². The van der Waals surface area contributed by atoms with Crippen LogP contribution in [0.25, 0.3) is 0 Å². The van der Waals surface area contributed by atoms with Crippen LogP contribution in [0.4, 0.5) is 9.59 Å². The highest BCUT2D eigenvalue weighted by molar-refractivity contribution is 6.42. The van der Waals surface area contributed by atoms with E-state index in [1.807, 2.05) is 13.8 Å². The molecule has 2 heterocycles. The Bertz CT molecular complexity index is 987. The lowest BCUT2D eigenvalue weighted by Gasteiger charge is -2.38. The number of nitrogens with zero attached hydrogens (tertiary/aromatic N) is 3. The number of carbonyl (C=O) groups excluding carboxylic acids is 3. The van der Waals surface area contributed by atoms with Crippen LogP contribution in [0.15, 0.2) is 29.5 Å². The number of likely N-dealkylation sites (N-methyl/N-ethyl adjacent to an activating group) is 1. The van der Waals surface area contributed by atoms with Gasteiger partial charge in [0.05, 0.1) is 28.3 Å². The molecule has 3 rings (SSSR count). The third kappa shape index (κ3) is 6.20. The highest BCUT2D eigenvalue weighted by Crippen LogP contribution is 2.37. The van der Waals surface area contributed by atoms with Crippen LogP contribution in [-0.2, 0) is 9.53 Å². The van der Waals surface area contributed by atoms with Gasteiger partial charge in [0.1, 0.15) is 0 Å². The van der Waals surface area contributed by atoms with E-state index in [9.17, 15) is 14.4 Å². The van der Waals surface area contributed by atoms with Gasteiger partial charge in [-0.2, -0.15) is 0 Å². The molecule has 2 N–H and O–H groups in total. The van der Waals surface area contributed by atoms with Gasteiger partial charge in [0.2, 0.25) is 0 Å². The predicted octanol–water partition coefficient (Wildman–Crippen LogP) is 3.63. The number of benzene rings is 1. The largest absolute Gasteiger partial charge is 0.463 e. The SMILES string of the molecule is CCNC(=O)N1CCCN(CC2=C(C(=O)OCC)C(c3cccc(Cl)c3Cl)NC(=O)N2CC)CC1. The Balaban J connectivity index is 2.00. The molecule has 4 amide bonds. The fourth-order valence-electron chi connectivity index (χ4n) is 4.44. The molecule has 1 saturated heterocycles. The molecule has 0 aliphatic carbocycles. The fourth-order valence-corrected chi connectivity index (χ4v) is 4.86. The summed E-state index contributed by atoms with van der Waals surface area (Å²) in [5.74, 6) is -0.513. The Morgan fingerprint density at radius 1 is 1.14 bits per heavy atom. The average molecular weight is 526 g/mol. The molecule has 1 aromatic carbocycles. The molecule has 1 fully saturated rings. The summed E-state index contributed by atoms with van der Waals surface area (Å²) in [4.78, 5) is 44.2. The Hall–Kier alpha value is -2.49. The van der Waals surface area contributed by atoms with Gasteiger partial charge in [0.15, 0.2) is 0 Å². The van der Waals surface area contributed by atoms with Crippen molar-refractivity contribution in [2.45, 2.75) is 33.2 Å². The molecule has 2 aliphatic heterocycles. The molecule has 11 heteroatoms. The van der Waals surface area contributed by atoms with E-state index < -0.39 is 12.0 Å². The smallest absolute Gasteiger partial charge is 0.338 e. The number of amides is 4. The van der Waals surface area contributed by atoms with Crippen molar-refractivity contribution in [1.29, 1.82) is 0 Å². The molecule has 1 unspecified atom stereocenters. The van der Waals surface area contributed by atoms with E-state index in [4.69, 9.17) is 27.9 Å². The highest BCUT2D eigenvalue weighted by atomic mass is 35.5. The van der Waals surface area contributed by atoms with Crippen LogP contribution in [0.3, 0.4) is 0 Å². The molecule has 35 heavy (non-hydrogen) atoms. The van der Waals surface area contributed by atoms with E-state index in [2.05, 4.69) is 15.5 Å². The van der Waals surface area contributed by atoms with Gasteiger partial charge in [0, 0.05) is 51.5 Å². The minimum atomic E-state index is -0.802. The zero-order chi connectivity index (χ0) is 25.5. The molecule has 1 aromatic rings. The molecule has 0 spiro atoms. The lowest BCUT2D eigenvalue weighted by atomic mass is 9.94. The molecule has 0 aromatic heterocycles. The third-order valence-electron chi connectivity index (χ3n) is 6.12. The summed E-state index contributed by atoms with van der Waals surface area (Å²) in [6.45, 7) is 9.50. The average Bonchev–Trinajstić information content (AvgIpc) is 3.06. The highest BCUT2D eigenvalue weighted by Gasteiger charge is 2.39. The van der Waals surface area contributed by atoms with E-state index in [0.29, 0.717) is 61.1 Å². The lowest BCUT2D eigenvalue weighted by molar-refractivity contribution is -0.139. The second kappa shape index (κ2) is 12.5. The third-order valence-corrected chi connectivity index (χ3v) is 6.95. The molecular formula is C24H33Cl2N5O4. The molecule has 0 radical (unpaired) electrons. The van der Waals surface area contributed by atoms with Gasteiger partial charge in [-0.15, -0.1) is 0 Å². The molecule has 9 nitrogen and oxygen atoms in total. The number of ether oxygens (including phenoxy) is 1. The van der Waals surface area contributed by atoms with Gasteiger partial charge >= 0.3 is 18.0 Å². The quantitative estimate of drug-likeness (QED) is 0.530. The number of rotatable bonds is 7. The molecule has 0 bridgehead atoms. The number of carbonyl (C=O) groups is 3. The Kier molecular flexibility index (Phi) is 9.65. The van der Waals surface area contributed by atoms with Gasteiger partial charge in [-0.25, -0.2) is 14.4 Å². The van der Waals surface area contributed by atoms with Crippen LogP contribution in [0, 0.1) is 0 Å². The number of hydrogen-bond donors (Lipinski definition) is 2. The van der Waals surface area contributed by atoms with Crippen LogP contribution in [0.5, 0.6) is 0 Å². The minimum absolute atomic E-state index is 0.0799. The Morgan fingerprint density at radius 2 is 1.91 bits per heavy atom. The standard InChI is InChI=1S/C24H33Cl2N5O4/c1-4-27-23(33)30-12-8-11-29(13-14-30)15-18-19(22(32)35-6-3)21(28-24(34)31(18)5-2)16-9-7-10-17(25)20(16)26/h7,9-10,21H,4-6,8,11-15H2,1-3H3,(H,27,33)(H,28,34). The summed E-state index contributed by atoms with van der Waals surface area (Å²) >= 11 is 12.8. The summed E-state index contributed by atoms with van der Waals surface area (Å²) < 4.78 is 5.42. The van der Waals surface area contributed by atoms with E-state index >= 15 is 0 Å². The maximum atomic E-state index is 13.3. The van der Waals surface area contributed by atoms with E-state index in [0.717, 1.165) is 13.0 Å². The second-order valence-corrected chi connectivity index (χ2v) is 9.09. The fraction of sp³-hybridized carbons (Fsp3) is 0.542. The molecule has 0 saturated carbocycles. The first kappa shape index (κ1) is 27.1. The van der Waals surface area contributed by atoms with Crippen LogP contribution >= 0.6 is 23.2 Å². The van der Waals surface area contributed by atoms with Crippen molar-refractivity contribution in [3.8, 4) is 0 Å². The number of nitrogens with one attached hydrogen (secondary N) is 2. The van der Waals surface area contributed by atoms with Crippen molar-refractivity contribution in [1.82, 2.24) is 25.3 Å². The van der Waals surface area contributed by atoms with E-state index in [1.165, 1.54) is 0 Å². The van der Waals surface area contributed by atoms with Crippen molar-refractivity contribution in [3.63, 3.8) is 0 Å². The summed E-state index contributed by atoms with van der Waals surface area (Å²) in [7, 11) is 0. The van der Waals surface area contributed by atoms with E-state index in [-0.39, 0.29) is 23.7 Å². The van der Waals surface area contributed by atoms with Crippen molar-refractivity contribution in [2.24, 2.45) is 0 Å². The topological polar surface area (TPSA) is 94.2 Å². The number of esters is 1. The summed E-state index contributed by atoms with van der Waals surface area (Å²) in [5, 5.41) is 6.37. The Morgan fingerprint density at radius 3 is 2.60 bits per heavy atom. The zero-order valence-corrected chi connectivity index (χ0v) is 21.9. The molecule has 1 atom stereocenters. The lowest BCUT2D eigenvalue weighted by Crippen LogP contribution is -2.51. The predicted molar refractivity (Wildman–Crippen MR) is 135 cm³/mol. The van der Waals surface area contributed by atoms with Crippen LogP contribution < -0.4 is 10.6 Å². The second-order valence-electron chi connectivity index (χ2n) is 8.30. The summed E-state index contributed by atoms with van der Waals surface area (Å²) in [5.41, 5.74) is 1.44. The summed E-state index contributed by atoms with van der Waals surface area (Å²) in [6, 6.07) is 3.93. The van der Waals surface area contributed by atoms with Crippen LogP contribution in [-0.4, -0.2) is 85.2 Å². The summed E-state index contributed by atoms with van der Waals surface area (Å²) in [6.07, 6.45) is 0.779. The maximum Gasteiger partial charge on any atom is 0.338 e. The monoisotopic (exact) mass is 525 g/mol. The molecular weight excluding hydrogens is 493 g/mol. The van der Waals surface area contributed by atoms with Crippen molar-refractivity contribution < 1.29 is 19.1 Å². The first-order chi connectivity index (χ1) is 16.8. The van der Waals surface area contributed by atoms with Crippen molar-refractivity contribution >= 4 is 41.2 Å². The molecule has 2 aliphatic rings. The Labute approximate surface area is 216 Å². The van der Waals surface area contributed by atoms with Crippen molar-refractivity contribution in [2.75, 3.05) is 52.4 Å². The molecule has 192 valence electrons. The normalized spacial score (nSPS) is 19.3. The van der Waals surface area contributed by atoms with Gasteiger partial charge in [-0.1, -0.05) is 35.3 Å². The van der Waals surface area contributed by atoms with Gasteiger partial charge in [-0.3, -0.25) is 9.80 Å².